The van der Waals surface area contributed by atoms with Gasteiger partial charge >= 0.3 is 11.9 Å². The van der Waals surface area contributed by atoms with Gasteiger partial charge in [0.2, 0.25) is 0 Å². The molecule has 0 radical (unpaired) electrons. The van der Waals surface area contributed by atoms with E-state index in [-0.39, 0.29) is 17.9 Å². The van der Waals surface area contributed by atoms with E-state index in [4.69, 9.17) is 9.47 Å². The van der Waals surface area contributed by atoms with E-state index in [0.29, 0.717) is 19.6 Å². The fourth-order valence-electron chi connectivity index (χ4n) is 3.64. The second-order valence-electron chi connectivity index (χ2n) is 9.13. The van der Waals surface area contributed by atoms with Gasteiger partial charge in [0, 0.05) is 6.42 Å². The van der Waals surface area contributed by atoms with Crippen molar-refractivity contribution in [3.63, 3.8) is 0 Å². The molecule has 1 atom stereocenters. The summed E-state index contributed by atoms with van der Waals surface area (Å²) in [6, 6.07) is 0. The van der Waals surface area contributed by atoms with E-state index in [9.17, 15) is 9.59 Å². The quantitative estimate of drug-likeness (QED) is 0.119. The minimum atomic E-state index is -0.0205. The predicted octanol–water partition coefficient (Wildman–Crippen LogP) is 8.16. The van der Waals surface area contributed by atoms with Crippen molar-refractivity contribution in [2.45, 2.75) is 143 Å². The Morgan fingerprint density at radius 3 is 1.48 bits per heavy atom. The number of rotatable bonds is 23. The number of carbonyl (C=O) groups is 2. The molecular formula is C27H52O4. The lowest BCUT2D eigenvalue weighted by atomic mass is 10.0. The first-order valence-corrected chi connectivity index (χ1v) is 13.4. The molecule has 184 valence electrons. The Kier molecular flexibility index (Phi) is 22.8. The van der Waals surface area contributed by atoms with E-state index in [1.54, 1.807) is 0 Å². The van der Waals surface area contributed by atoms with Crippen LogP contribution in [0.2, 0.25) is 0 Å². The molecule has 0 N–H and O–H groups in total. The lowest BCUT2D eigenvalue weighted by Gasteiger charge is -2.11. The van der Waals surface area contributed by atoms with Gasteiger partial charge in [0.25, 0.3) is 0 Å². The van der Waals surface area contributed by atoms with Gasteiger partial charge in [-0.25, -0.2) is 0 Å². The van der Waals surface area contributed by atoms with Gasteiger partial charge in [-0.1, -0.05) is 111 Å². The van der Waals surface area contributed by atoms with Gasteiger partial charge in [0.1, 0.15) is 0 Å². The molecule has 0 saturated heterocycles. The molecule has 31 heavy (non-hydrogen) atoms. The molecule has 1 unspecified atom stereocenters. The maximum absolute atomic E-state index is 11.8. The van der Waals surface area contributed by atoms with Crippen LogP contribution in [0.3, 0.4) is 0 Å². The lowest BCUT2D eigenvalue weighted by molar-refractivity contribution is -0.148. The van der Waals surface area contributed by atoms with Crippen LogP contribution in [-0.2, 0) is 19.1 Å². The van der Waals surface area contributed by atoms with Crippen LogP contribution in [0.25, 0.3) is 0 Å². The molecule has 0 spiro atoms. The highest BCUT2D eigenvalue weighted by Gasteiger charge is 2.13. The number of unbranched alkanes of at least 4 members (excludes halogenated alkanes) is 14. The van der Waals surface area contributed by atoms with Crippen LogP contribution in [0.15, 0.2) is 0 Å². The van der Waals surface area contributed by atoms with Crippen LogP contribution in [0, 0.1) is 5.92 Å². The minimum absolute atomic E-state index is 0.0154. The summed E-state index contributed by atoms with van der Waals surface area (Å²) in [5.74, 6) is 0.0164. The first-order chi connectivity index (χ1) is 15.1. The molecule has 0 rings (SSSR count). The second kappa shape index (κ2) is 23.6. The zero-order valence-electron chi connectivity index (χ0n) is 21.1. The van der Waals surface area contributed by atoms with Crippen LogP contribution < -0.4 is 0 Å². The summed E-state index contributed by atoms with van der Waals surface area (Å²) < 4.78 is 10.5. The van der Waals surface area contributed by atoms with Crippen molar-refractivity contribution in [1.82, 2.24) is 0 Å². The fourth-order valence-corrected chi connectivity index (χ4v) is 3.64. The van der Waals surface area contributed by atoms with Crippen molar-refractivity contribution in [2.75, 3.05) is 13.2 Å². The molecular weight excluding hydrogens is 388 g/mol. The minimum Gasteiger partial charge on any atom is -0.466 e. The molecule has 0 aromatic rings. The zero-order chi connectivity index (χ0) is 23.0. The van der Waals surface area contributed by atoms with E-state index in [0.717, 1.165) is 51.4 Å². The summed E-state index contributed by atoms with van der Waals surface area (Å²) in [5, 5.41) is 0. The fraction of sp³-hybridized carbons (Fsp3) is 0.926. The molecule has 0 fully saturated rings. The lowest BCUT2D eigenvalue weighted by Crippen LogP contribution is -2.15. The highest BCUT2D eigenvalue weighted by atomic mass is 16.5. The van der Waals surface area contributed by atoms with E-state index in [1.807, 2.05) is 6.92 Å². The molecule has 0 aliphatic heterocycles. The molecule has 0 aliphatic carbocycles. The van der Waals surface area contributed by atoms with Gasteiger partial charge in [-0.15, -0.1) is 0 Å². The highest BCUT2D eigenvalue weighted by molar-refractivity contribution is 5.71. The third-order valence-electron chi connectivity index (χ3n) is 5.92. The van der Waals surface area contributed by atoms with E-state index >= 15 is 0 Å². The van der Waals surface area contributed by atoms with Gasteiger partial charge in [0.05, 0.1) is 19.1 Å². The summed E-state index contributed by atoms with van der Waals surface area (Å²) in [5.41, 5.74) is 0. The Hall–Kier alpha value is -1.06. The third kappa shape index (κ3) is 21.9. The third-order valence-corrected chi connectivity index (χ3v) is 5.92. The van der Waals surface area contributed by atoms with Crippen LogP contribution >= 0.6 is 0 Å². The topological polar surface area (TPSA) is 52.6 Å². The molecule has 0 aliphatic rings. The van der Waals surface area contributed by atoms with E-state index in [1.165, 1.54) is 64.2 Å². The maximum atomic E-state index is 11.8. The largest absolute Gasteiger partial charge is 0.466 e. The molecule has 0 aromatic heterocycles. The van der Waals surface area contributed by atoms with Gasteiger partial charge in [-0.3, -0.25) is 9.59 Å². The van der Waals surface area contributed by atoms with Crippen molar-refractivity contribution in [3.05, 3.63) is 0 Å². The Balaban J connectivity index is 3.25. The monoisotopic (exact) mass is 440 g/mol. The number of carbonyl (C=O) groups excluding carboxylic acids is 2. The number of esters is 2. The van der Waals surface area contributed by atoms with Gasteiger partial charge in [-0.2, -0.15) is 0 Å². The predicted molar refractivity (Wildman–Crippen MR) is 130 cm³/mol. The highest BCUT2D eigenvalue weighted by Crippen LogP contribution is 2.15. The van der Waals surface area contributed by atoms with Gasteiger partial charge < -0.3 is 9.47 Å². The van der Waals surface area contributed by atoms with Gasteiger partial charge in [-0.05, 0) is 25.7 Å². The normalized spacial score (nSPS) is 12.0. The first kappa shape index (κ1) is 29.9. The zero-order valence-corrected chi connectivity index (χ0v) is 21.1. The molecule has 0 aromatic carbocycles. The van der Waals surface area contributed by atoms with Crippen LogP contribution in [0.1, 0.15) is 143 Å². The SMILES string of the molecule is CCCCOC(=O)CCCCCCCCCCCCCCCC(C)C(=O)OCCCC. The Morgan fingerprint density at radius 1 is 0.581 bits per heavy atom. The average Bonchev–Trinajstić information content (AvgIpc) is 2.76. The van der Waals surface area contributed by atoms with Crippen LogP contribution in [-0.4, -0.2) is 25.2 Å². The average molecular weight is 441 g/mol. The van der Waals surface area contributed by atoms with Crippen molar-refractivity contribution in [3.8, 4) is 0 Å². The van der Waals surface area contributed by atoms with Crippen molar-refractivity contribution < 1.29 is 19.1 Å². The second-order valence-corrected chi connectivity index (χ2v) is 9.13. The summed E-state index contributed by atoms with van der Waals surface area (Å²) >= 11 is 0. The molecule has 0 heterocycles. The van der Waals surface area contributed by atoms with Crippen molar-refractivity contribution in [2.24, 2.45) is 5.92 Å². The van der Waals surface area contributed by atoms with E-state index < -0.39 is 0 Å². The molecule has 0 bridgehead atoms. The van der Waals surface area contributed by atoms with Crippen molar-refractivity contribution >= 4 is 11.9 Å². The standard InChI is InChI=1S/C27H52O4/c1-4-6-23-30-26(28)22-20-18-16-14-12-10-8-9-11-13-15-17-19-21-25(3)27(29)31-24-7-5-2/h25H,4-24H2,1-3H3. The molecule has 0 amide bonds. The summed E-state index contributed by atoms with van der Waals surface area (Å²) in [6.07, 6.45) is 22.0. The van der Waals surface area contributed by atoms with Crippen LogP contribution in [0.5, 0.6) is 0 Å². The number of hydrogen-bond acceptors (Lipinski definition) is 4. The molecule has 4 nitrogen and oxygen atoms in total. The maximum Gasteiger partial charge on any atom is 0.308 e. The summed E-state index contributed by atoms with van der Waals surface area (Å²) in [7, 11) is 0. The Bertz CT molecular complexity index is 408. The van der Waals surface area contributed by atoms with E-state index in [2.05, 4.69) is 13.8 Å². The molecule has 4 heteroatoms. The smallest absolute Gasteiger partial charge is 0.308 e. The Labute approximate surface area is 193 Å². The first-order valence-electron chi connectivity index (χ1n) is 13.4. The number of ether oxygens (including phenoxy) is 2. The number of hydrogen-bond donors (Lipinski definition) is 0. The molecule has 0 saturated carbocycles. The van der Waals surface area contributed by atoms with Gasteiger partial charge in [0.15, 0.2) is 0 Å². The van der Waals surface area contributed by atoms with Crippen LogP contribution in [0.4, 0.5) is 0 Å². The van der Waals surface area contributed by atoms with Crippen molar-refractivity contribution in [1.29, 1.82) is 0 Å². The summed E-state index contributed by atoms with van der Waals surface area (Å²) in [4.78, 5) is 23.3. The Morgan fingerprint density at radius 2 is 1.00 bits per heavy atom. The summed E-state index contributed by atoms with van der Waals surface area (Å²) in [6.45, 7) is 7.38.